The molecule has 1 N–H and O–H groups in total. The van der Waals surface area contributed by atoms with Gasteiger partial charge in [0.2, 0.25) is 5.91 Å². The number of aliphatic hydroxyl groups excluding tert-OH is 1. The van der Waals surface area contributed by atoms with Crippen LogP contribution in [-0.4, -0.2) is 29.6 Å². The van der Waals surface area contributed by atoms with Gasteiger partial charge in [0.25, 0.3) is 0 Å². The van der Waals surface area contributed by atoms with Gasteiger partial charge in [-0.05, 0) is 37.2 Å². The molecule has 3 rings (SSSR count). The predicted molar refractivity (Wildman–Crippen MR) is 79.1 cm³/mol. The molecule has 0 radical (unpaired) electrons. The van der Waals surface area contributed by atoms with Crippen molar-refractivity contribution in [3.8, 4) is 11.8 Å². The van der Waals surface area contributed by atoms with Gasteiger partial charge in [0, 0.05) is 28.8 Å². The van der Waals surface area contributed by atoms with E-state index in [1.165, 1.54) is 6.42 Å². The number of hydrogen-bond acceptors (Lipinski definition) is 3. The number of carbonyl (C=O) groups is 1. The third-order valence-electron chi connectivity index (χ3n) is 4.33. The van der Waals surface area contributed by atoms with E-state index in [9.17, 15) is 4.79 Å². The Kier molecular flexibility index (Phi) is 3.82. The Morgan fingerprint density at radius 2 is 2.20 bits per heavy atom. The fourth-order valence-electron chi connectivity index (χ4n) is 3.21. The van der Waals surface area contributed by atoms with Crippen LogP contribution < -0.4 is 0 Å². The molecule has 1 heterocycles. The van der Waals surface area contributed by atoms with Crippen LogP contribution in [0.15, 0.2) is 11.4 Å². The lowest BCUT2D eigenvalue weighted by Gasteiger charge is -2.21. The molecule has 4 heteroatoms. The number of hydrogen-bond donors (Lipinski definition) is 1. The summed E-state index contributed by atoms with van der Waals surface area (Å²) in [6.07, 6.45) is 3.56. The van der Waals surface area contributed by atoms with Crippen LogP contribution in [0.5, 0.6) is 0 Å². The quantitative estimate of drug-likeness (QED) is 0.866. The standard InChI is InChI=1S/C16H19NO2S/c1-17(16(19)14-7-12-6-13(12)8-14)9-15-5-11(10-20-15)3-2-4-18/h5,10,12-14,18H,4,6-9H2,1H3. The number of aliphatic hydroxyl groups is 1. The number of amides is 1. The second-order valence-electron chi connectivity index (χ2n) is 5.88. The Morgan fingerprint density at radius 3 is 2.90 bits per heavy atom. The molecule has 1 amide bonds. The first-order chi connectivity index (χ1) is 9.67. The van der Waals surface area contributed by atoms with Crippen LogP contribution in [0.2, 0.25) is 0 Å². The smallest absolute Gasteiger partial charge is 0.225 e. The van der Waals surface area contributed by atoms with Crippen LogP contribution in [0, 0.1) is 29.6 Å². The van der Waals surface area contributed by atoms with Gasteiger partial charge in [-0.15, -0.1) is 11.3 Å². The number of rotatable bonds is 3. The molecular formula is C16H19NO2S. The molecule has 2 atom stereocenters. The van der Waals surface area contributed by atoms with Crippen molar-refractivity contribution in [1.29, 1.82) is 0 Å². The lowest BCUT2D eigenvalue weighted by atomic mass is 10.0. The number of fused-ring (bicyclic) bond motifs is 1. The van der Waals surface area contributed by atoms with E-state index in [2.05, 4.69) is 11.8 Å². The molecule has 0 saturated heterocycles. The van der Waals surface area contributed by atoms with Crippen molar-refractivity contribution in [2.45, 2.75) is 25.8 Å². The summed E-state index contributed by atoms with van der Waals surface area (Å²) in [5.74, 6) is 7.79. The van der Waals surface area contributed by atoms with E-state index in [0.717, 1.165) is 35.1 Å². The molecule has 1 aromatic heterocycles. The maximum atomic E-state index is 12.4. The summed E-state index contributed by atoms with van der Waals surface area (Å²) in [5.41, 5.74) is 0.919. The molecule has 2 aliphatic rings. The monoisotopic (exact) mass is 289 g/mol. The highest BCUT2D eigenvalue weighted by Gasteiger charge is 2.48. The highest BCUT2D eigenvalue weighted by Crippen LogP contribution is 2.54. The van der Waals surface area contributed by atoms with Gasteiger partial charge in [-0.25, -0.2) is 0 Å². The molecule has 2 unspecified atom stereocenters. The van der Waals surface area contributed by atoms with Gasteiger partial charge in [0.1, 0.15) is 6.61 Å². The van der Waals surface area contributed by atoms with Crippen molar-refractivity contribution < 1.29 is 9.90 Å². The van der Waals surface area contributed by atoms with Crippen molar-refractivity contribution in [3.63, 3.8) is 0 Å². The normalized spacial score (nSPS) is 26.6. The van der Waals surface area contributed by atoms with E-state index in [1.807, 2.05) is 23.4 Å². The van der Waals surface area contributed by atoms with Crippen LogP contribution >= 0.6 is 11.3 Å². The van der Waals surface area contributed by atoms with Crippen LogP contribution in [0.3, 0.4) is 0 Å². The second kappa shape index (κ2) is 5.59. The third-order valence-corrected chi connectivity index (χ3v) is 5.25. The Balaban J connectivity index is 1.56. The highest BCUT2D eigenvalue weighted by molar-refractivity contribution is 7.10. The fraction of sp³-hybridized carbons (Fsp3) is 0.562. The molecule has 0 aromatic carbocycles. The van der Waals surface area contributed by atoms with Gasteiger partial charge in [-0.2, -0.15) is 0 Å². The van der Waals surface area contributed by atoms with Crippen LogP contribution in [-0.2, 0) is 11.3 Å². The van der Waals surface area contributed by atoms with Crippen molar-refractivity contribution in [1.82, 2.24) is 4.90 Å². The van der Waals surface area contributed by atoms with Gasteiger partial charge in [-0.3, -0.25) is 4.79 Å². The lowest BCUT2D eigenvalue weighted by Crippen LogP contribution is -2.31. The fourth-order valence-corrected chi connectivity index (χ4v) is 4.08. The largest absolute Gasteiger partial charge is 0.384 e. The summed E-state index contributed by atoms with van der Waals surface area (Å²) in [6, 6.07) is 2.00. The minimum Gasteiger partial charge on any atom is -0.384 e. The van der Waals surface area contributed by atoms with Crippen molar-refractivity contribution in [3.05, 3.63) is 21.9 Å². The number of thiophene rings is 1. The zero-order valence-corrected chi connectivity index (χ0v) is 12.4. The van der Waals surface area contributed by atoms with E-state index >= 15 is 0 Å². The summed E-state index contributed by atoms with van der Waals surface area (Å²) in [7, 11) is 1.89. The zero-order valence-electron chi connectivity index (χ0n) is 11.6. The summed E-state index contributed by atoms with van der Waals surface area (Å²) >= 11 is 1.62. The number of nitrogens with zero attached hydrogens (tertiary/aromatic N) is 1. The number of carbonyl (C=O) groups excluding carboxylic acids is 1. The Morgan fingerprint density at radius 1 is 1.45 bits per heavy atom. The average molecular weight is 289 g/mol. The van der Waals surface area contributed by atoms with E-state index in [4.69, 9.17) is 5.11 Å². The summed E-state index contributed by atoms with van der Waals surface area (Å²) in [6.45, 7) is 0.545. The molecule has 2 fully saturated rings. The summed E-state index contributed by atoms with van der Waals surface area (Å²) < 4.78 is 0. The minimum atomic E-state index is -0.117. The topological polar surface area (TPSA) is 40.5 Å². The van der Waals surface area contributed by atoms with Crippen molar-refractivity contribution in [2.24, 2.45) is 17.8 Å². The average Bonchev–Trinajstić information content (AvgIpc) is 2.87. The summed E-state index contributed by atoms with van der Waals surface area (Å²) in [4.78, 5) is 15.4. The van der Waals surface area contributed by atoms with Crippen molar-refractivity contribution >= 4 is 17.2 Å². The van der Waals surface area contributed by atoms with Crippen LogP contribution in [0.25, 0.3) is 0 Å². The molecule has 20 heavy (non-hydrogen) atoms. The minimum absolute atomic E-state index is 0.117. The highest BCUT2D eigenvalue weighted by atomic mass is 32.1. The second-order valence-corrected chi connectivity index (χ2v) is 6.88. The molecule has 106 valence electrons. The van der Waals surface area contributed by atoms with Gasteiger partial charge >= 0.3 is 0 Å². The van der Waals surface area contributed by atoms with E-state index in [-0.39, 0.29) is 12.5 Å². The third kappa shape index (κ3) is 2.89. The van der Waals surface area contributed by atoms with Gasteiger partial charge < -0.3 is 10.0 Å². The molecule has 3 nitrogen and oxygen atoms in total. The molecule has 2 saturated carbocycles. The predicted octanol–water partition coefficient (Wildman–Crippen LogP) is 2.10. The molecule has 2 aliphatic carbocycles. The Hall–Kier alpha value is -1.31. The zero-order chi connectivity index (χ0) is 14.1. The van der Waals surface area contributed by atoms with Gasteiger partial charge in [0.05, 0.1) is 6.54 Å². The van der Waals surface area contributed by atoms with E-state index < -0.39 is 0 Å². The van der Waals surface area contributed by atoms with Crippen LogP contribution in [0.4, 0.5) is 0 Å². The van der Waals surface area contributed by atoms with Gasteiger partial charge in [0.15, 0.2) is 0 Å². The molecule has 0 spiro atoms. The lowest BCUT2D eigenvalue weighted by molar-refractivity contribution is -0.134. The molecule has 0 bridgehead atoms. The molecule has 0 aliphatic heterocycles. The van der Waals surface area contributed by atoms with Gasteiger partial charge in [-0.1, -0.05) is 11.8 Å². The summed E-state index contributed by atoms with van der Waals surface area (Å²) in [5, 5.41) is 10.6. The van der Waals surface area contributed by atoms with E-state index in [0.29, 0.717) is 12.5 Å². The first-order valence-corrected chi connectivity index (χ1v) is 7.97. The maximum Gasteiger partial charge on any atom is 0.225 e. The Bertz CT molecular complexity index is 559. The molecular weight excluding hydrogens is 270 g/mol. The van der Waals surface area contributed by atoms with E-state index in [1.54, 1.807) is 11.3 Å². The molecule has 1 aromatic rings. The first kappa shape index (κ1) is 13.7. The first-order valence-electron chi connectivity index (χ1n) is 7.09. The van der Waals surface area contributed by atoms with Crippen LogP contribution in [0.1, 0.15) is 29.7 Å². The maximum absolute atomic E-state index is 12.4. The Labute approximate surface area is 123 Å². The van der Waals surface area contributed by atoms with Crippen molar-refractivity contribution in [2.75, 3.05) is 13.7 Å². The SMILES string of the molecule is CN(Cc1cc(C#CCO)cs1)C(=O)C1CC2CC2C1.